The van der Waals surface area contributed by atoms with Crippen molar-refractivity contribution in [3.05, 3.63) is 35.4 Å². The zero-order valence-corrected chi connectivity index (χ0v) is 13.2. The molecule has 2 aliphatic rings. The first-order valence-electron chi connectivity index (χ1n) is 7.94. The van der Waals surface area contributed by atoms with E-state index in [-0.39, 0.29) is 12.0 Å². The highest BCUT2D eigenvalue weighted by Gasteiger charge is 2.40. The summed E-state index contributed by atoms with van der Waals surface area (Å²) in [6.45, 7) is 6.62. The predicted octanol–water partition coefficient (Wildman–Crippen LogP) is 3.13. The SMILES string of the molecule is CC(C)c1ccc2c(c1)C=CC1(CCN(CCC(=O)O)C1)O2. The van der Waals surface area contributed by atoms with Crippen molar-refractivity contribution in [3.8, 4) is 5.75 Å². The summed E-state index contributed by atoms with van der Waals surface area (Å²) >= 11 is 0. The summed E-state index contributed by atoms with van der Waals surface area (Å²) in [6.07, 6.45) is 5.41. The van der Waals surface area contributed by atoms with Crippen molar-refractivity contribution in [1.82, 2.24) is 4.90 Å². The zero-order chi connectivity index (χ0) is 15.7. The number of ether oxygens (including phenoxy) is 1. The maximum Gasteiger partial charge on any atom is 0.304 e. The van der Waals surface area contributed by atoms with Crippen LogP contribution in [-0.2, 0) is 4.79 Å². The Hall–Kier alpha value is -1.81. The average molecular weight is 301 g/mol. The summed E-state index contributed by atoms with van der Waals surface area (Å²) in [4.78, 5) is 12.9. The molecule has 0 aliphatic carbocycles. The molecule has 1 atom stereocenters. The molecule has 1 N–H and O–H groups in total. The van der Waals surface area contributed by atoms with Crippen molar-refractivity contribution in [1.29, 1.82) is 0 Å². The van der Waals surface area contributed by atoms with Gasteiger partial charge in [-0.2, -0.15) is 0 Å². The standard InChI is InChI=1S/C18H23NO3/c1-13(2)14-3-4-16-15(11-14)5-7-18(22-16)8-10-19(12-18)9-6-17(20)21/h3-5,7,11,13H,6,8-10,12H2,1-2H3,(H,20,21). The largest absolute Gasteiger partial charge is 0.481 e. The minimum absolute atomic E-state index is 0.189. The molecule has 1 spiro atoms. The van der Waals surface area contributed by atoms with E-state index in [2.05, 4.69) is 49.1 Å². The Kier molecular flexibility index (Phi) is 3.96. The Labute approximate surface area is 131 Å². The monoisotopic (exact) mass is 301 g/mol. The van der Waals surface area contributed by atoms with Gasteiger partial charge in [-0.25, -0.2) is 0 Å². The van der Waals surface area contributed by atoms with Gasteiger partial charge in [-0.3, -0.25) is 9.69 Å². The highest BCUT2D eigenvalue weighted by atomic mass is 16.5. The van der Waals surface area contributed by atoms with Gasteiger partial charge < -0.3 is 9.84 Å². The Balaban J connectivity index is 1.72. The maximum absolute atomic E-state index is 10.7. The van der Waals surface area contributed by atoms with Gasteiger partial charge in [0, 0.05) is 31.6 Å². The number of rotatable bonds is 4. The Morgan fingerprint density at radius 1 is 1.45 bits per heavy atom. The van der Waals surface area contributed by atoms with Crippen molar-refractivity contribution >= 4 is 12.0 Å². The molecule has 2 heterocycles. The number of aliphatic carboxylic acids is 1. The summed E-state index contributed by atoms with van der Waals surface area (Å²) in [7, 11) is 0. The van der Waals surface area contributed by atoms with E-state index in [1.54, 1.807) is 0 Å². The van der Waals surface area contributed by atoms with E-state index in [4.69, 9.17) is 9.84 Å². The molecule has 1 unspecified atom stereocenters. The van der Waals surface area contributed by atoms with Crippen LogP contribution in [0.25, 0.3) is 6.08 Å². The molecule has 1 aromatic rings. The summed E-state index contributed by atoms with van der Waals surface area (Å²) in [6, 6.07) is 6.39. The molecular weight excluding hydrogens is 278 g/mol. The fourth-order valence-electron chi connectivity index (χ4n) is 3.19. The van der Waals surface area contributed by atoms with Gasteiger partial charge in [0.05, 0.1) is 6.42 Å². The van der Waals surface area contributed by atoms with E-state index in [0.29, 0.717) is 12.5 Å². The third kappa shape index (κ3) is 3.02. The lowest BCUT2D eigenvalue weighted by atomic mass is 9.94. The average Bonchev–Trinajstić information content (AvgIpc) is 2.87. The van der Waals surface area contributed by atoms with E-state index >= 15 is 0 Å². The van der Waals surface area contributed by atoms with Crippen molar-refractivity contribution in [3.63, 3.8) is 0 Å². The van der Waals surface area contributed by atoms with Gasteiger partial charge in [-0.1, -0.05) is 26.0 Å². The second-order valence-electron chi connectivity index (χ2n) is 6.62. The lowest BCUT2D eigenvalue weighted by Gasteiger charge is -2.32. The summed E-state index contributed by atoms with van der Waals surface area (Å²) in [5.74, 6) is 0.701. The van der Waals surface area contributed by atoms with Crippen LogP contribution in [-0.4, -0.2) is 41.2 Å². The molecule has 1 fully saturated rings. The Morgan fingerprint density at radius 3 is 3.00 bits per heavy atom. The molecule has 22 heavy (non-hydrogen) atoms. The van der Waals surface area contributed by atoms with E-state index in [1.165, 1.54) is 5.56 Å². The lowest BCUT2D eigenvalue weighted by molar-refractivity contribution is -0.137. The highest BCUT2D eigenvalue weighted by Crippen LogP contribution is 2.37. The molecule has 0 amide bonds. The van der Waals surface area contributed by atoms with Gasteiger partial charge in [-0.05, 0) is 29.7 Å². The van der Waals surface area contributed by atoms with E-state index in [9.17, 15) is 4.79 Å². The number of carboxylic acids is 1. The Morgan fingerprint density at radius 2 is 2.27 bits per heavy atom. The fourth-order valence-corrected chi connectivity index (χ4v) is 3.19. The van der Waals surface area contributed by atoms with Crippen molar-refractivity contribution in [2.75, 3.05) is 19.6 Å². The second kappa shape index (κ2) is 5.76. The molecule has 3 rings (SSSR count). The van der Waals surface area contributed by atoms with Gasteiger partial charge in [0.1, 0.15) is 11.4 Å². The molecule has 0 bridgehead atoms. The van der Waals surface area contributed by atoms with Crippen LogP contribution in [0.5, 0.6) is 5.75 Å². The molecule has 1 saturated heterocycles. The lowest BCUT2D eigenvalue weighted by Crippen LogP contribution is -2.39. The summed E-state index contributed by atoms with van der Waals surface area (Å²) < 4.78 is 6.28. The van der Waals surface area contributed by atoms with Crippen LogP contribution in [0.3, 0.4) is 0 Å². The van der Waals surface area contributed by atoms with Crippen molar-refractivity contribution < 1.29 is 14.6 Å². The molecular formula is C18H23NO3. The molecule has 1 aromatic carbocycles. The second-order valence-corrected chi connectivity index (χ2v) is 6.62. The topological polar surface area (TPSA) is 49.8 Å². The number of hydrogen-bond donors (Lipinski definition) is 1. The number of likely N-dealkylation sites (tertiary alicyclic amines) is 1. The van der Waals surface area contributed by atoms with Crippen LogP contribution in [0.15, 0.2) is 24.3 Å². The number of carbonyl (C=O) groups is 1. The van der Waals surface area contributed by atoms with Gasteiger partial charge in [-0.15, -0.1) is 0 Å². The number of carboxylic acid groups (broad SMARTS) is 1. The number of benzene rings is 1. The summed E-state index contributed by atoms with van der Waals surface area (Å²) in [5.41, 5.74) is 2.17. The minimum atomic E-state index is -0.743. The molecule has 4 heteroatoms. The van der Waals surface area contributed by atoms with Crippen LogP contribution in [0.4, 0.5) is 0 Å². The van der Waals surface area contributed by atoms with Crippen LogP contribution in [0.1, 0.15) is 43.7 Å². The maximum atomic E-state index is 10.7. The van der Waals surface area contributed by atoms with Crippen LogP contribution >= 0.6 is 0 Å². The van der Waals surface area contributed by atoms with Crippen molar-refractivity contribution in [2.24, 2.45) is 0 Å². The molecule has 0 saturated carbocycles. The first-order chi connectivity index (χ1) is 10.5. The van der Waals surface area contributed by atoms with Gasteiger partial charge in [0.15, 0.2) is 0 Å². The molecule has 0 aromatic heterocycles. The third-order valence-corrected chi connectivity index (χ3v) is 4.56. The van der Waals surface area contributed by atoms with Crippen LogP contribution in [0.2, 0.25) is 0 Å². The van der Waals surface area contributed by atoms with Gasteiger partial charge >= 0.3 is 5.97 Å². The fraction of sp³-hybridized carbons (Fsp3) is 0.500. The van der Waals surface area contributed by atoms with Crippen LogP contribution in [0, 0.1) is 0 Å². The van der Waals surface area contributed by atoms with E-state index in [1.807, 2.05) is 0 Å². The highest BCUT2D eigenvalue weighted by molar-refractivity contribution is 5.67. The van der Waals surface area contributed by atoms with E-state index < -0.39 is 5.97 Å². The Bertz CT molecular complexity index is 608. The quantitative estimate of drug-likeness (QED) is 0.928. The number of fused-ring (bicyclic) bond motifs is 1. The van der Waals surface area contributed by atoms with Crippen molar-refractivity contribution in [2.45, 2.75) is 38.2 Å². The zero-order valence-electron chi connectivity index (χ0n) is 13.2. The first-order valence-corrected chi connectivity index (χ1v) is 7.94. The van der Waals surface area contributed by atoms with Crippen LogP contribution < -0.4 is 4.74 Å². The number of hydrogen-bond acceptors (Lipinski definition) is 3. The predicted molar refractivity (Wildman–Crippen MR) is 86.2 cm³/mol. The molecule has 118 valence electrons. The van der Waals surface area contributed by atoms with Gasteiger partial charge in [0.2, 0.25) is 0 Å². The molecule has 2 aliphatic heterocycles. The molecule has 0 radical (unpaired) electrons. The first kappa shape index (κ1) is 15.1. The van der Waals surface area contributed by atoms with Gasteiger partial charge in [0.25, 0.3) is 0 Å². The smallest absolute Gasteiger partial charge is 0.304 e. The summed E-state index contributed by atoms with van der Waals surface area (Å²) in [5, 5.41) is 8.80. The molecule has 4 nitrogen and oxygen atoms in total. The van der Waals surface area contributed by atoms with E-state index in [0.717, 1.165) is 30.8 Å². The number of nitrogens with zero attached hydrogens (tertiary/aromatic N) is 1. The minimum Gasteiger partial charge on any atom is -0.481 e. The normalized spacial score (nSPS) is 23.8. The third-order valence-electron chi connectivity index (χ3n) is 4.56.